The Morgan fingerprint density at radius 3 is 2.35 bits per heavy atom. The highest BCUT2D eigenvalue weighted by molar-refractivity contribution is 7.92. The molecule has 0 saturated carbocycles. The van der Waals surface area contributed by atoms with Crippen LogP contribution in [-0.4, -0.2) is 14.3 Å². The van der Waals surface area contributed by atoms with Crippen molar-refractivity contribution in [1.29, 1.82) is 0 Å². The first-order valence-corrected chi connectivity index (χ1v) is 11.4. The summed E-state index contributed by atoms with van der Waals surface area (Å²) >= 11 is 0. The van der Waals surface area contributed by atoms with Crippen LogP contribution in [0, 0.1) is 19.7 Å². The summed E-state index contributed by atoms with van der Waals surface area (Å²) in [6.07, 6.45) is 0.694. The number of benzene rings is 3. The monoisotopic (exact) mass is 440 g/mol. The zero-order valence-electron chi connectivity index (χ0n) is 17.6. The van der Waals surface area contributed by atoms with Crippen LogP contribution in [0.3, 0.4) is 0 Å². The quantitative estimate of drug-likeness (QED) is 0.535. The molecule has 3 rings (SSSR count). The fourth-order valence-electron chi connectivity index (χ4n) is 3.39. The smallest absolute Gasteiger partial charge is 0.261 e. The minimum absolute atomic E-state index is 0.0518. The number of carbonyl (C=O) groups excluding carboxylic acids is 1. The van der Waals surface area contributed by atoms with E-state index in [0.29, 0.717) is 6.42 Å². The third kappa shape index (κ3) is 5.49. The fraction of sp³-hybridized carbons (Fsp3) is 0.208. The fourth-order valence-corrected chi connectivity index (χ4v) is 4.50. The molecule has 31 heavy (non-hydrogen) atoms. The highest BCUT2D eigenvalue weighted by Gasteiger charge is 2.19. The van der Waals surface area contributed by atoms with Gasteiger partial charge < -0.3 is 5.32 Å². The van der Waals surface area contributed by atoms with E-state index in [1.807, 2.05) is 32.9 Å². The molecular formula is C24H25FN2O3S. The van der Waals surface area contributed by atoms with Gasteiger partial charge in [0.25, 0.3) is 15.9 Å². The maximum Gasteiger partial charge on any atom is 0.261 e. The number of rotatable bonds is 7. The van der Waals surface area contributed by atoms with Crippen molar-refractivity contribution in [3.05, 3.63) is 94.8 Å². The number of halogens is 1. The van der Waals surface area contributed by atoms with Gasteiger partial charge in [0, 0.05) is 11.3 Å². The van der Waals surface area contributed by atoms with Crippen molar-refractivity contribution < 1.29 is 17.6 Å². The van der Waals surface area contributed by atoms with E-state index < -0.39 is 15.8 Å². The highest BCUT2D eigenvalue weighted by atomic mass is 32.2. The summed E-state index contributed by atoms with van der Waals surface area (Å²) in [5.41, 5.74) is 3.74. The standard InChI is InChI=1S/C24H25FN2O3S/c1-4-23(22-13-8-16(2)14-17(22)3)26-24(28)18-6-5-7-21(15-18)31(29,30)27-20-11-9-19(25)10-12-20/h5-15,23,27H,4H2,1-3H3,(H,26,28). The molecular weight excluding hydrogens is 415 g/mol. The molecule has 0 aliphatic heterocycles. The average Bonchev–Trinajstić information content (AvgIpc) is 2.74. The predicted molar refractivity (Wildman–Crippen MR) is 120 cm³/mol. The van der Waals surface area contributed by atoms with Gasteiger partial charge >= 0.3 is 0 Å². The second kappa shape index (κ2) is 9.31. The van der Waals surface area contributed by atoms with E-state index >= 15 is 0 Å². The van der Waals surface area contributed by atoms with E-state index in [9.17, 15) is 17.6 Å². The Morgan fingerprint density at radius 1 is 1.00 bits per heavy atom. The zero-order chi connectivity index (χ0) is 22.6. The number of nitrogens with one attached hydrogen (secondary N) is 2. The topological polar surface area (TPSA) is 75.3 Å². The summed E-state index contributed by atoms with van der Waals surface area (Å²) in [5, 5.41) is 3.00. The first kappa shape index (κ1) is 22.5. The summed E-state index contributed by atoms with van der Waals surface area (Å²) < 4.78 is 40.9. The maximum absolute atomic E-state index is 13.1. The van der Waals surface area contributed by atoms with Gasteiger partial charge in [-0.05, 0) is 73.9 Å². The number of carbonyl (C=O) groups is 1. The lowest BCUT2D eigenvalue weighted by molar-refractivity contribution is 0.0935. The average molecular weight is 441 g/mol. The van der Waals surface area contributed by atoms with E-state index in [4.69, 9.17) is 0 Å². The molecule has 2 N–H and O–H groups in total. The first-order valence-electron chi connectivity index (χ1n) is 9.96. The SMILES string of the molecule is CCC(NC(=O)c1cccc(S(=O)(=O)Nc2ccc(F)cc2)c1)c1ccc(C)cc1C. The lowest BCUT2D eigenvalue weighted by Gasteiger charge is -2.20. The molecule has 0 aliphatic rings. The molecule has 0 heterocycles. The molecule has 3 aromatic carbocycles. The molecule has 1 amide bonds. The third-order valence-corrected chi connectivity index (χ3v) is 6.40. The van der Waals surface area contributed by atoms with Crippen molar-refractivity contribution in [2.24, 2.45) is 0 Å². The number of anilines is 1. The lowest BCUT2D eigenvalue weighted by Crippen LogP contribution is -2.29. The zero-order valence-corrected chi connectivity index (χ0v) is 18.5. The molecule has 1 atom stereocenters. The Bertz CT molecular complexity index is 1190. The Hall–Kier alpha value is -3.19. The second-order valence-electron chi connectivity index (χ2n) is 7.43. The van der Waals surface area contributed by atoms with E-state index in [0.717, 1.165) is 16.7 Å². The van der Waals surface area contributed by atoms with Gasteiger partial charge in [-0.3, -0.25) is 9.52 Å². The normalized spacial score (nSPS) is 12.3. The van der Waals surface area contributed by atoms with Gasteiger partial charge in [-0.25, -0.2) is 12.8 Å². The summed E-state index contributed by atoms with van der Waals surface area (Å²) in [4.78, 5) is 12.8. The second-order valence-corrected chi connectivity index (χ2v) is 9.12. The number of hydrogen-bond acceptors (Lipinski definition) is 3. The van der Waals surface area contributed by atoms with Crippen molar-refractivity contribution in [2.45, 2.75) is 38.1 Å². The Kier molecular flexibility index (Phi) is 6.75. The van der Waals surface area contributed by atoms with Crippen LogP contribution in [0.1, 0.15) is 46.4 Å². The highest BCUT2D eigenvalue weighted by Crippen LogP contribution is 2.23. The molecule has 7 heteroatoms. The van der Waals surface area contributed by atoms with Crippen LogP contribution in [0.15, 0.2) is 71.6 Å². The number of amides is 1. The molecule has 0 spiro atoms. The summed E-state index contributed by atoms with van der Waals surface area (Å²) in [7, 11) is -3.93. The van der Waals surface area contributed by atoms with Gasteiger partial charge in [0.2, 0.25) is 0 Å². The summed E-state index contributed by atoms with van der Waals surface area (Å²) in [6, 6.07) is 16.7. The largest absolute Gasteiger partial charge is 0.345 e. The van der Waals surface area contributed by atoms with Crippen molar-refractivity contribution in [3.63, 3.8) is 0 Å². The Balaban J connectivity index is 1.81. The maximum atomic E-state index is 13.1. The van der Waals surface area contributed by atoms with Crippen LogP contribution in [-0.2, 0) is 10.0 Å². The van der Waals surface area contributed by atoms with Gasteiger partial charge in [-0.1, -0.05) is 36.8 Å². The molecule has 162 valence electrons. The molecule has 0 fully saturated rings. The minimum Gasteiger partial charge on any atom is -0.345 e. The molecule has 1 unspecified atom stereocenters. The van der Waals surface area contributed by atoms with Crippen LogP contribution in [0.25, 0.3) is 0 Å². The van der Waals surface area contributed by atoms with Gasteiger partial charge in [-0.2, -0.15) is 0 Å². The predicted octanol–water partition coefficient (Wildman–Crippen LogP) is 5.12. The van der Waals surface area contributed by atoms with Gasteiger partial charge in [0.1, 0.15) is 5.82 Å². The van der Waals surface area contributed by atoms with Crippen molar-refractivity contribution in [3.8, 4) is 0 Å². The third-order valence-electron chi connectivity index (χ3n) is 5.02. The molecule has 0 saturated heterocycles. The molecule has 0 aliphatic carbocycles. The van der Waals surface area contributed by atoms with Gasteiger partial charge in [0.15, 0.2) is 0 Å². The van der Waals surface area contributed by atoms with E-state index in [-0.39, 0.29) is 28.1 Å². The van der Waals surface area contributed by atoms with Crippen LogP contribution in [0.2, 0.25) is 0 Å². The Morgan fingerprint density at radius 2 is 1.71 bits per heavy atom. The summed E-state index contributed by atoms with van der Waals surface area (Å²) in [6.45, 7) is 6.01. The van der Waals surface area contributed by atoms with Gasteiger partial charge in [0.05, 0.1) is 10.9 Å². The molecule has 0 aromatic heterocycles. The number of hydrogen-bond donors (Lipinski definition) is 2. The van der Waals surface area contributed by atoms with Crippen molar-refractivity contribution in [2.75, 3.05) is 4.72 Å². The van der Waals surface area contributed by atoms with Crippen LogP contribution < -0.4 is 10.0 Å². The van der Waals surface area contributed by atoms with E-state index in [1.54, 1.807) is 6.07 Å². The Labute approximate surface area is 182 Å². The molecule has 0 radical (unpaired) electrons. The molecule has 0 bridgehead atoms. The number of sulfonamides is 1. The van der Waals surface area contributed by atoms with Crippen molar-refractivity contribution >= 4 is 21.6 Å². The first-order chi connectivity index (χ1) is 14.7. The number of aryl methyl sites for hydroxylation is 2. The van der Waals surface area contributed by atoms with Crippen LogP contribution in [0.4, 0.5) is 10.1 Å². The van der Waals surface area contributed by atoms with Crippen LogP contribution >= 0.6 is 0 Å². The molecule has 3 aromatic rings. The molecule has 5 nitrogen and oxygen atoms in total. The van der Waals surface area contributed by atoms with E-state index in [1.165, 1.54) is 42.5 Å². The van der Waals surface area contributed by atoms with E-state index in [2.05, 4.69) is 16.1 Å². The minimum atomic E-state index is -3.93. The van der Waals surface area contributed by atoms with Gasteiger partial charge in [-0.15, -0.1) is 0 Å². The van der Waals surface area contributed by atoms with Crippen molar-refractivity contribution in [1.82, 2.24) is 5.32 Å². The summed E-state index contributed by atoms with van der Waals surface area (Å²) in [5.74, 6) is -0.818. The lowest BCUT2D eigenvalue weighted by atomic mass is 9.97. The van der Waals surface area contributed by atoms with Crippen LogP contribution in [0.5, 0.6) is 0 Å².